The molecule has 26 heteroatoms. The summed E-state index contributed by atoms with van der Waals surface area (Å²) < 4.78 is 0. The molecule has 0 atom stereocenters. The lowest BCUT2D eigenvalue weighted by Crippen LogP contribution is -2.60. The molecule has 0 unspecified atom stereocenters. The Morgan fingerprint density at radius 2 is 0.353 bits per heavy atom. The Balaban J connectivity index is 1.73. The van der Waals surface area contributed by atoms with Crippen LogP contribution in [0, 0.1) is 0 Å². The first kappa shape index (κ1) is 52.6. The van der Waals surface area contributed by atoms with Crippen LogP contribution in [0.25, 0.3) is 33.4 Å². The molecule has 0 spiro atoms. The van der Waals surface area contributed by atoms with E-state index in [1.54, 1.807) is 0 Å². The molecule has 0 aromatic heterocycles. The summed E-state index contributed by atoms with van der Waals surface area (Å²) in [6, 6.07) is 0. The van der Waals surface area contributed by atoms with E-state index in [0.29, 0.717) is 0 Å². The standard InChI is InChI=1S/C42H62B25N/c1-41(2)11-5(13(43)25(55)30(60)23(11)53)6-12(42(41,3)4)24(54)38(33(63)14(6)44)68(39-34(64)19(49)9(20(50)35(39)65)7-15(45)26(56)31(61)27(57)16(7)46)40-36(66)21(51)10(22(52)37(40)67)8-17(47)28(58)32(62)29(59)18(8)48/h43-67H2,1-4H3. The summed E-state index contributed by atoms with van der Waals surface area (Å²) in [6.07, 6.45) is 0. The first-order valence-corrected chi connectivity index (χ1v) is 25.7. The molecule has 310 valence electrons. The van der Waals surface area contributed by atoms with E-state index < -0.39 is 0 Å². The fourth-order valence-corrected chi connectivity index (χ4v) is 13.7. The minimum Gasteiger partial charge on any atom is -0.314 e. The van der Waals surface area contributed by atoms with Gasteiger partial charge in [-0.15, -0.1) is 43.7 Å². The zero-order valence-electron chi connectivity index (χ0n) is 48.4. The van der Waals surface area contributed by atoms with Crippen LogP contribution in [0.2, 0.25) is 0 Å². The normalized spacial score (nSPS) is 13.5. The van der Waals surface area contributed by atoms with E-state index in [1.807, 2.05) is 0 Å². The summed E-state index contributed by atoms with van der Waals surface area (Å²) in [6.45, 7) is 10.1. The van der Waals surface area contributed by atoms with Gasteiger partial charge < -0.3 is 4.90 Å². The maximum atomic E-state index is 2.80. The predicted octanol–water partition coefficient (Wildman–Crippen LogP) is -31.8. The van der Waals surface area contributed by atoms with Crippen molar-refractivity contribution in [3.63, 3.8) is 0 Å². The van der Waals surface area contributed by atoms with Gasteiger partial charge in [-0.2, -0.15) is 0 Å². The Morgan fingerprint density at radius 3 is 0.618 bits per heavy atom. The van der Waals surface area contributed by atoms with Crippen molar-refractivity contribution in [3.05, 3.63) is 11.1 Å². The maximum Gasteiger partial charge on any atom is 0.142 e. The number of benzene rings is 6. The van der Waals surface area contributed by atoms with Crippen molar-refractivity contribution in [2.45, 2.75) is 38.5 Å². The Hall–Kier alpha value is -3.26. The van der Waals surface area contributed by atoms with Crippen LogP contribution >= 0.6 is 0 Å². The predicted molar refractivity (Wildman–Crippen MR) is 388 cm³/mol. The van der Waals surface area contributed by atoms with Crippen molar-refractivity contribution in [3.8, 4) is 33.4 Å². The molecule has 0 bridgehead atoms. The largest absolute Gasteiger partial charge is 0.314 e. The van der Waals surface area contributed by atoms with Gasteiger partial charge in [0.2, 0.25) is 0 Å². The van der Waals surface area contributed by atoms with E-state index in [0.717, 1.165) is 0 Å². The number of anilines is 3. The summed E-state index contributed by atoms with van der Waals surface area (Å²) in [4.78, 5) is 2.80. The van der Waals surface area contributed by atoms with Gasteiger partial charge >= 0.3 is 0 Å². The van der Waals surface area contributed by atoms with E-state index >= 15 is 0 Å². The highest BCUT2D eigenvalue weighted by Crippen LogP contribution is 2.52. The van der Waals surface area contributed by atoms with Gasteiger partial charge in [0.05, 0.1) is 0 Å². The monoisotopic (exact) mass is 856 g/mol. The van der Waals surface area contributed by atoms with Crippen molar-refractivity contribution in [1.29, 1.82) is 0 Å². The first-order valence-electron chi connectivity index (χ1n) is 25.7. The number of hydrogen-bond acceptors (Lipinski definition) is 1. The molecule has 1 aliphatic rings. The zero-order valence-corrected chi connectivity index (χ0v) is 48.4. The molecule has 1 aliphatic carbocycles. The van der Waals surface area contributed by atoms with E-state index in [9.17, 15) is 0 Å². The fraction of sp³-hybridized carbons (Fsp3) is 0.143. The highest BCUT2D eigenvalue weighted by atomic mass is 15.2. The highest BCUT2D eigenvalue weighted by molar-refractivity contribution is 6.74. The molecule has 0 aliphatic heterocycles. The van der Waals surface area contributed by atoms with E-state index in [1.165, 1.54) is 198 Å². The van der Waals surface area contributed by atoms with Gasteiger partial charge in [-0.3, -0.25) is 0 Å². The van der Waals surface area contributed by atoms with Crippen LogP contribution < -0.4 is 141 Å². The van der Waals surface area contributed by atoms with Crippen LogP contribution in [0.4, 0.5) is 17.1 Å². The number of fused-ring (bicyclic) bond motifs is 3. The SMILES string of the molecule is Bc1c(B)c(B)c(-c2c(B)c(B)c(N(c3c(B)c(B)c(-c4c(B)c(B)c(B)c(B)c4B)c(B)c3B)c3c(B)c(B)c4c(c3B)C(C)(C)C(C)(C)c3c(B)c(B)c(B)c(B)c3-4)c(B)c2B)c(B)c1B. The van der Waals surface area contributed by atoms with Crippen LogP contribution in [-0.4, -0.2) is 196 Å². The smallest absolute Gasteiger partial charge is 0.142 e. The molecule has 1 nitrogen and oxygen atoms in total. The highest BCUT2D eigenvalue weighted by Gasteiger charge is 2.49. The molecule has 0 fully saturated rings. The lowest BCUT2D eigenvalue weighted by molar-refractivity contribution is 0.303. The van der Waals surface area contributed by atoms with E-state index in [4.69, 9.17) is 0 Å². The summed E-state index contributed by atoms with van der Waals surface area (Å²) in [5.41, 5.74) is 50.1. The molecule has 0 saturated carbocycles. The summed E-state index contributed by atoms with van der Waals surface area (Å²) >= 11 is 0. The van der Waals surface area contributed by atoms with Gasteiger partial charge in [0, 0.05) is 17.1 Å². The molecule has 0 heterocycles. The first-order chi connectivity index (χ1) is 31.3. The van der Waals surface area contributed by atoms with Gasteiger partial charge in [-0.05, 0) is 55.3 Å². The van der Waals surface area contributed by atoms with Gasteiger partial charge in [-0.25, -0.2) is 0 Å². The quantitative estimate of drug-likeness (QED) is 0.156. The second kappa shape index (κ2) is 17.5. The average Bonchev–Trinajstić information content (AvgIpc) is 3.28. The van der Waals surface area contributed by atoms with Crippen molar-refractivity contribution < 1.29 is 0 Å². The zero-order chi connectivity index (χ0) is 51.4. The lowest BCUT2D eigenvalue weighted by atomic mass is 9.46. The molecular weight excluding hydrogens is 789 g/mol. The third kappa shape index (κ3) is 6.93. The third-order valence-corrected chi connectivity index (χ3v) is 20.4. The van der Waals surface area contributed by atoms with Crippen LogP contribution in [0.5, 0.6) is 0 Å². The average molecular weight is 851 g/mol. The Morgan fingerprint density at radius 1 is 0.191 bits per heavy atom. The van der Waals surface area contributed by atoms with Gasteiger partial charge in [0.15, 0.2) is 0 Å². The van der Waals surface area contributed by atoms with E-state index in [-0.39, 0.29) is 10.8 Å². The molecule has 6 aromatic carbocycles. The lowest BCUT2D eigenvalue weighted by Gasteiger charge is -2.52. The summed E-state index contributed by atoms with van der Waals surface area (Å²) in [5, 5.41) is 0. The molecule has 0 radical (unpaired) electrons. The van der Waals surface area contributed by atoms with Gasteiger partial charge in [-0.1, -0.05) is 121 Å². The number of rotatable bonds is 5. The van der Waals surface area contributed by atoms with Crippen molar-refractivity contribution >= 4 is 350 Å². The number of hydrogen-bond donors (Lipinski definition) is 0. The molecule has 0 amide bonds. The maximum absolute atomic E-state index is 2.80. The molecule has 68 heavy (non-hydrogen) atoms. The summed E-state index contributed by atoms with van der Waals surface area (Å²) in [7, 11) is 59.4. The van der Waals surface area contributed by atoms with Gasteiger partial charge in [0.1, 0.15) is 196 Å². The molecule has 6 aromatic rings. The topological polar surface area (TPSA) is 3.24 Å². The summed E-state index contributed by atoms with van der Waals surface area (Å²) in [5.74, 6) is 0. The molecule has 7 rings (SSSR count). The molecule has 0 saturated heterocycles. The van der Waals surface area contributed by atoms with Crippen molar-refractivity contribution in [2.75, 3.05) is 4.90 Å². The third-order valence-electron chi connectivity index (χ3n) is 20.4. The van der Waals surface area contributed by atoms with Crippen LogP contribution in [-0.2, 0) is 10.8 Å². The van der Waals surface area contributed by atoms with Crippen LogP contribution in [0.3, 0.4) is 0 Å². The van der Waals surface area contributed by atoms with Crippen molar-refractivity contribution in [1.82, 2.24) is 0 Å². The second-order valence-corrected chi connectivity index (χ2v) is 23.3. The Labute approximate surface area is 434 Å². The number of nitrogens with zero attached hydrogens (tertiary/aromatic N) is 1. The van der Waals surface area contributed by atoms with Crippen LogP contribution in [0.1, 0.15) is 38.8 Å². The molecular formula is C42H62B25N. The minimum absolute atomic E-state index is 0.126. The second-order valence-electron chi connectivity index (χ2n) is 23.3. The Kier molecular flexibility index (Phi) is 13.5. The fourth-order valence-electron chi connectivity index (χ4n) is 13.7. The molecule has 0 N–H and O–H groups in total. The van der Waals surface area contributed by atoms with E-state index in [2.05, 4.69) is 229 Å². The van der Waals surface area contributed by atoms with Crippen LogP contribution in [0.15, 0.2) is 0 Å². The minimum atomic E-state index is -0.177. The van der Waals surface area contributed by atoms with Gasteiger partial charge in [0.25, 0.3) is 0 Å². The van der Waals surface area contributed by atoms with Crippen molar-refractivity contribution in [2.24, 2.45) is 0 Å². The Bertz CT molecular complexity index is 3050.